The summed E-state index contributed by atoms with van der Waals surface area (Å²) >= 11 is 4.86. The van der Waals surface area contributed by atoms with Crippen LogP contribution < -0.4 is 5.56 Å². The monoisotopic (exact) mass is 398 g/mol. The standard InChI is InChI=1S/C17H11BrN4OS/c18-11-5-3-4-10(8-11)15-12(9-19)16(23)22(21-15)17-20-13-6-1-2-7-14(13)24-17/h1-9,19,21H. The molecule has 24 heavy (non-hydrogen) atoms. The third-order valence-electron chi connectivity index (χ3n) is 3.66. The Hall–Kier alpha value is -2.51. The molecular formula is C17H11BrN4OS. The summed E-state index contributed by atoms with van der Waals surface area (Å²) in [6.07, 6.45) is 1.08. The molecule has 0 unspecified atom stereocenters. The van der Waals surface area contributed by atoms with E-state index in [4.69, 9.17) is 5.41 Å². The zero-order valence-electron chi connectivity index (χ0n) is 12.3. The molecule has 0 saturated carbocycles. The van der Waals surface area contributed by atoms with E-state index < -0.39 is 0 Å². The zero-order chi connectivity index (χ0) is 16.7. The number of nitrogens with one attached hydrogen (secondary N) is 2. The summed E-state index contributed by atoms with van der Waals surface area (Å²) in [4.78, 5) is 17.2. The van der Waals surface area contributed by atoms with E-state index in [9.17, 15) is 4.79 Å². The molecule has 0 spiro atoms. The fourth-order valence-corrected chi connectivity index (χ4v) is 3.86. The fourth-order valence-electron chi connectivity index (χ4n) is 2.54. The maximum absolute atomic E-state index is 12.7. The van der Waals surface area contributed by atoms with Gasteiger partial charge in [-0.1, -0.05) is 51.5 Å². The highest BCUT2D eigenvalue weighted by atomic mass is 79.9. The van der Waals surface area contributed by atoms with Gasteiger partial charge in [0.25, 0.3) is 5.56 Å². The number of fused-ring (bicyclic) bond motifs is 1. The molecule has 0 fully saturated rings. The van der Waals surface area contributed by atoms with Crippen molar-refractivity contribution in [2.24, 2.45) is 0 Å². The summed E-state index contributed by atoms with van der Waals surface area (Å²) in [7, 11) is 0. The maximum Gasteiger partial charge on any atom is 0.282 e. The Morgan fingerprint density at radius 2 is 2.04 bits per heavy atom. The van der Waals surface area contributed by atoms with E-state index in [1.54, 1.807) is 0 Å². The molecule has 4 rings (SSSR count). The topological polar surface area (TPSA) is 74.5 Å². The van der Waals surface area contributed by atoms with Crippen molar-refractivity contribution >= 4 is 43.7 Å². The molecule has 0 aliphatic rings. The van der Waals surface area contributed by atoms with Crippen LogP contribution in [0.3, 0.4) is 0 Å². The van der Waals surface area contributed by atoms with Crippen LogP contribution in [0.2, 0.25) is 0 Å². The lowest BCUT2D eigenvalue weighted by atomic mass is 10.1. The van der Waals surface area contributed by atoms with Crippen molar-refractivity contribution < 1.29 is 0 Å². The Labute approximate surface area is 149 Å². The van der Waals surface area contributed by atoms with Crippen LogP contribution in [0.4, 0.5) is 0 Å². The van der Waals surface area contributed by atoms with Crippen LogP contribution in [-0.2, 0) is 0 Å². The zero-order valence-corrected chi connectivity index (χ0v) is 14.7. The fraction of sp³-hybridized carbons (Fsp3) is 0. The second kappa shape index (κ2) is 5.85. The molecule has 2 aromatic heterocycles. The number of nitrogens with zero attached hydrogens (tertiary/aromatic N) is 2. The van der Waals surface area contributed by atoms with Crippen LogP contribution in [0.25, 0.3) is 26.6 Å². The lowest BCUT2D eigenvalue weighted by Crippen LogP contribution is -2.16. The van der Waals surface area contributed by atoms with Crippen molar-refractivity contribution in [2.75, 3.05) is 0 Å². The molecule has 0 bridgehead atoms. The van der Waals surface area contributed by atoms with E-state index in [0.29, 0.717) is 16.4 Å². The summed E-state index contributed by atoms with van der Waals surface area (Å²) in [5.41, 5.74) is 2.32. The second-order valence-electron chi connectivity index (χ2n) is 5.16. The molecule has 0 aliphatic heterocycles. The van der Waals surface area contributed by atoms with Gasteiger partial charge in [-0.3, -0.25) is 9.89 Å². The van der Waals surface area contributed by atoms with Crippen molar-refractivity contribution in [2.45, 2.75) is 0 Å². The Balaban J connectivity index is 1.94. The van der Waals surface area contributed by atoms with Crippen LogP contribution in [0.5, 0.6) is 0 Å². The minimum Gasteiger partial charge on any atom is -0.308 e. The van der Waals surface area contributed by atoms with Crippen molar-refractivity contribution in [3.8, 4) is 16.4 Å². The normalized spacial score (nSPS) is 11.0. The Morgan fingerprint density at radius 1 is 1.21 bits per heavy atom. The Morgan fingerprint density at radius 3 is 2.79 bits per heavy atom. The molecule has 0 radical (unpaired) electrons. The lowest BCUT2D eigenvalue weighted by molar-refractivity contribution is 0.845. The molecule has 5 nitrogen and oxygen atoms in total. The van der Waals surface area contributed by atoms with E-state index in [-0.39, 0.29) is 5.56 Å². The summed E-state index contributed by atoms with van der Waals surface area (Å²) in [6.45, 7) is 0. The van der Waals surface area contributed by atoms with Gasteiger partial charge in [0.1, 0.15) is 0 Å². The number of hydrogen-bond acceptors (Lipinski definition) is 4. The number of aromatic nitrogens is 3. The molecular weight excluding hydrogens is 388 g/mol. The predicted molar refractivity (Wildman–Crippen MR) is 101 cm³/mol. The Kier molecular flexibility index (Phi) is 3.66. The first-order chi connectivity index (χ1) is 11.7. The van der Waals surface area contributed by atoms with Gasteiger partial charge >= 0.3 is 0 Å². The van der Waals surface area contributed by atoms with Gasteiger partial charge in [-0.2, -0.15) is 4.68 Å². The van der Waals surface area contributed by atoms with Gasteiger partial charge in [-0.15, -0.1) is 0 Å². The number of rotatable bonds is 3. The predicted octanol–water partition coefficient (Wildman–Crippen LogP) is 4.20. The average molecular weight is 399 g/mol. The van der Waals surface area contributed by atoms with E-state index in [0.717, 1.165) is 26.5 Å². The van der Waals surface area contributed by atoms with Gasteiger partial charge in [0.15, 0.2) is 0 Å². The second-order valence-corrected chi connectivity index (χ2v) is 7.08. The van der Waals surface area contributed by atoms with Crippen LogP contribution >= 0.6 is 27.3 Å². The highest BCUT2D eigenvalue weighted by Gasteiger charge is 2.17. The van der Waals surface area contributed by atoms with Crippen LogP contribution in [0.15, 0.2) is 57.8 Å². The highest BCUT2D eigenvalue weighted by molar-refractivity contribution is 9.10. The smallest absolute Gasteiger partial charge is 0.282 e. The molecule has 4 aromatic rings. The number of aromatic amines is 1. The summed E-state index contributed by atoms with van der Waals surface area (Å²) < 4.78 is 3.32. The van der Waals surface area contributed by atoms with Crippen molar-refractivity contribution in [1.29, 1.82) is 5.41 Å². The number of thiazole rings is 1. The van der Waals surface area contributed by atoms with Crippen molar-refractivity contribution in [3.05, 3.63) is 68.9 Å². The molecule has 118 valence electrons. The summed E-state index contributed by atoms with van der Waals surface area (Å²) in [6, 6.07) is 15.3. The first kappa shape index (κ1) is 15.0. The Bertz CT molecular complexity index is 1090. The lowest BCUT2D eigenvalue weighted by Gasteiger charge is -2.00. The molecule has 2 aromatic carbocycles. The van der Waals surface area contributed by atoms with E-state index in [1.807, 2.05) is 48.5 Å². The van der Waals surface area contributed by atoms with E-state index in [1.165, 1.54) is 16.0 Å². The minimum atomic E-state index is -0.279. The van der Waals surface area contributed by atoms with Crippen molar-refractivity contribution in [1.82, 2.24) is 14.8 Å². The molecule has 0 aliphatic carbocycles. The van der Waals surface area contributed by atoms with Gasteiger partial charge in [-0.25, -0.2) is 4.98 Å². The first-order valence-corrected chi connectivity index (χ1v) is 8.75. The highest BCUT2D eigenvalue weighted by Crippen LogP contribution is 2.26. The minimum absolute atomic E-state index is 0.279. The molecule has 7 heteroatoms. The summed E-state index contributed by atoms with van der Waals surface area (Å²) in [5.74, 6) is 0. The van der Waals surface area contributed by atoms with Crippen molar-refractivity contribution in [3.63, 3.8) is 0 Å². The number of halogens is 1. The van der Waals surface area contributed by atoms with E-state index in [2.05, 4.69) is 26.0 Å². The first-order valence-electron chi connectivity index (χ1n) is 7.15. The van der Waals surface area contributed by atoms with Gasteiger partial charge in [0, 0.05) is 16.3 Å². The van der Waals surface area contributed by atoms with Gasteiger partial charge in [0.05, 0.1) is 21.5 Å². The molecule has 2 heterocycles. The molecule has 0 amide bonds. The van der Waals surface area contributed by atoms with Crippen LogP contribution in [0, 0.1) is 5.41 Å². The number of hydrogen-bond donors (Lipinski definition) is 2. The molecule has 0 saturated heterocycles. The molecule has 0 atom stereocenters. The third-order valence-corrected chi connectivity index (χ3v) is 5.17. The maximum atomic E-state index is 12.7. The largest absolute Gasteiger partial charge is 0.308 e. The van der Waals surface area contributed by atoms with Crippen LogP contribution in [0.1, 0.15) is 5.56 Å². The average Bonchev–Trinajstić information content (AvgIpc) is 3.15. The quantitative estimate of drug-likeness (QED) is 0.507. The van der Waals surface area contributed by atoms with Gasteiger partial charge in [-0.05, 0) is 24.3 Å². The van der Waals surface area contributed by atoms with Gasteiger partial charge in [0.2, 0.25) is 5.13 Å². The number of para-hydroxylation sites is 1. The number of benzene rings is 2. The molecule has 2 N–H and O–H groups in total. The summed E-state index contributed by atoms with van der Waals surface area (Å²) in [5, 5.41) is 11.3. The van der Waals surface area contributed by atoms with Gasteiger partial charge < -0.3 is 5.41 Å². The third kappa shape index (κ3) is 2.42. The van der Waals surface area contributed by atoms with Crippen LogP contribution in [-0.4, -0.2) is 21.0 Å². The van der Waals surface area contributed by atoms with E-state index >= 15 is 0 Å². The number of H-pyrrole nitrogens is 1. The SMILES string of the molecule is N=Cc1c(-c2cccc(Br)c2)[nH]n(-c2nc3ccccc3s2)c1=O.